The Morgan fingerprint density at radius 1 is 1.67 bits per heavy atom. The van der Waals surface area contributed by atoms with Crippen molar-refractivity contribution in [2.24, 2.45) is 0 Å². The van der Waals surface area contributed by atoms with Gasteiger partial charge in [0.1, 0.15) is 0 Å². The molecule has 0 nitrogen and oxygen atoms in total. The Labute approximate surface area is 44.2 Å². The molecular formula is C5H9As. The minimum absolute atomic E-state index is 0.460. The predicted octanol–water partition coefficient (Wildman–Crippen LogP) is 1.37. The number of terminal acetylenes is 1. The molecule has 1 heteroatoms. The van der Waals surface area contributed by atoms with Crippen LogP contribution in [0.2, 0.25) is 16.6 Å². The summed E-state index contributed by atoms with van der Waals surface area (Å²) < 4.78 is 0. The first kappa shape index (κ1) is 6.12. The summed E-state index contributed by atoms with van der Waals surface area (Å²) in [6.45, 7) is 0. The molecule has 0 saturated carbocycles. The van der Waals surface area contributed by atoms with Gasteiger partial charge in [-0.15, -0.1) is 0 Å². The zero-order chi connectivity index (χ0) is 4.99. The Morgan fingerprint density at radius 2 is 2.17 bits per heavy atom. The molecule has 0 spiro atoms. The molecule has 0 saturated heterocycles. The van der Waals surface area contributed by atoms with Crippen molar-refractivity contribution in [2.75, 3.05) is 0 Å². The standard InChI is InChI=1S/C5H9As/c1-4-5-6(2)3/h1H,5H2,2-3H3. The zero-order valence-electron chi connectivity index (χ0n) is 4.23. The van der Waals surface area contributed by atoms with E-state index in [9.17, 15) is 0 Å². The molecule has 0 aromatic heterocycles. The summed E-state index contributed by atoms with van der Waals surface area (Å²) in [6.07, 6.45) is 5.02. The molecule has 0 atom stereocenters. The molecule has 0 bridgehead atoms. The second-order valence-corrected chi connectivity index (χ2v) is 6.64. The SMILES string of the molecule is C#CC[As](C)C. The Bertz CT molecular complexity index is 58.8. The van der Waals surface area contributed by atoms with Gasteiger partial charge in [0, 0.05) is 0 Å². The van der Waals surface area contributed by atoms with Crippen molar-refractivity contribution in [3.05, 3.63) is 0 Å². The third kappa shape index (κ3) is 4.12. The van der Waals surface area contributed by atoms with E-state index in [1.807, 2.05) is 0 Å². The van der Waals surface area contributed by atoms with Crippen LogP contribution < -0.4 is 0 Å². The van der Waals surface area contributed by atoms with Crippen LogP contribution in [0.25, 0.3) is 0 Å². The third-order valence-corrected chi connectivity index (χ3v) is 2.12. The van der Waals surface area contributed by atoms with E-state index < -0.39 is 14.7 Å². The van der Waals surface area contributed by atoms with Crippen LogP contribution in [0.15, 0.2) is 0 Å². The summed E-state index contributed by atoms with van der Waals surface area (Å²) in [4.78, 5) is 0. The van der Waals surface area contributed by atoms with Gasteiger partial charge in [0.05, 0.1) is 0 Å². The summed E-state index contributed by atoms with van der Waals surface area (Å²) in [6, 6.07) is 0. The number of rotatable bonds is 1. The molecule has 0 radical (unpaired) electrons. The van der Waals surface area contributed by atoms with Gasteiger partial charge < -0.3 is 0 Å². The minimum atomic E-state index is -0.460. The molecule has 0 aliphatic heterocycles. The summed E-state index contributed by atoms with van der Waals surface area (Å²) in [5.41, 5.74) is 4.51. The first-order valence-electron chi connectivity index (χ1n) is 1.85. The van der Waals surface area contributed by atoms with E-state index in [2.05, 4.69) is 17.3 Å². The second-order valence-electron chi connectivity index (χ2n) is 1.44. The van der Waals surface area contributed by atoms with Crippen molar-refractivity contribution in [2.45, 2.75) is 16.6 Å². The molecule has 0 amide bonds. The summed E-state index contributed by atoms with van der Waals surface area (Å²) in [5.74, 6) is 2.63. The second kappa shape index (κ2) is 3.31. The average molecular weight is 144 g/mol. The quantitative estimate of drug-likeness (QED) is 0.385. The van der Waals surface area contributed by atoms with E-state index in [0.717, 1.165) is 5.21 Å². The topological polar surface area (TPSA) is 0 Å². The average Bonchev–Trinajstić information content (AvgIpc) is 1.35. The van der Waals surface area contributed by atoms with Crippen LogP contribution in [0.1, 0.15) is 0 Å². The van der Waals surface area contributed by atoms with E-state index in [0.29, 0.717) is 0 Å². The Morgan fingerprint density at radius 3 is 2.17 bits per heavy atom. The Kier molecular flexibility index (Phi) is 3.38. The van der Waals surface area contributed by atoms with Crippen molar-refractivity contribution in [3.8, 4) is 12.3 Å². The van der Waals surface area contributed by atoms with Crippen LogP contribution >= 0.6 is 0 Å². The summed E-state index contributed by atoms with van der Waals surface area (Å²) in [5, 5.41) is 1.05. The van der Waals surface area contributed by atoms with Crippen molar-refractivity contribution in [3.63, 3.8) is 0 Å². The van der Waals surface area contributed by atoms with Crippen LogP contribution in [-0.2, 0) is 0 Å². The van der Waals surface area contributed by atoms with Gasteiger partial charge >= 0.3 is 43.6 Å². The molecule has 0 fully saturated rings. The van der Waals surface area contributed by atoms with Crippen LogP contribution in [0.5, 0.6) is 0 Å². The van der Waals surface area contributed by atoms with Crippen LogP contribution in [0.3, 0.4) is 0 Å². The van der Waals surface area contributed by atoms with Crippen LogP contribution in [-0.4, -0.2) is 14.7 Å². The van der Waals surface area contributed by atoms with Gasteiger partial charge in [-0.05, 0) is 0 Å². The fraction of sp³-hybridized carbons (Fsp3) is 0.600. The first-order valence-corrected chi connectivity index (χ1v) is 6.93. The Balaban J connectivity index is 2.88. The van der Waals surface area contributed by atoms with Crippen molar-refractivity contribution < 1.29 is 0 Å². The van der Waals surface area contributed by atoms with Crippen molar-refractivity contribution in [1.29, 1.82) is 0 Å². The van der Waals surface area contributed by atoms with Gasteiger partial charge in [-0.2, -0.15) is 0 Å². The van der Waals surface area contributed by atoms with Gasteiger partial charge in [0.15, 0.2) is 0 Å². The zero-order valence-corrected chi connectivity index (χ0v) is 6.11. The predicted molar refractivity (Wildman–Crippen MR) is 31.1 cm³/mol. The molecule has 6 heavy (non-hydrogen) atoms. The molecule has 0 aliphatic rings. The molecule has 0 aromatic rings. The molecule has 34 valence electrons. The van der Waals surface area contributed by atoms with Gasteiger partial charge in [-0.3, -0.25) is 0 Å². The molecule has 0 unspecified atom stereocenters. The van der Waals surface area contributed by atoms with Crippen LogP contribution in [0.4, 0.5) is 0 Å². The molecule has 0 heterocycles. The van der Waals surface area contributed by atoms with E-state index in [4.69, 9.17) is 6.42 Å². The summed E-state index contributed by atoms with van der Waals surface area (Å²) in [7, 11) is 0. The number of hydrogen-bond donors (Lipinski definition) is 0. The fourth-order valence-electron chi connectivity index (χ4n) is 0.183. The molecule has 0 N–H and O–H groups in total. The molecule has 0 aliphatic carbocycles. The molecule has 0 aromatic carbocycles. The fourth-order valence-corrected chi connectivity index (χ4v) is 0.949. The maximum atomic E-state index is 5.02. The maximum absolute atomic E-state index is 5.02. The van der Waals surface area contributed by atoms with E-state index >= 15 is 0 Å². The van der Waals surface area contributed by atoms with Crippen LogP contribution in [0, 0.1) is 12.3 Å². The normalized spacial score (nSPS) is 8.33. The monoisotopic (exact) mass is 144 g/mol. The van der Waals surface area contributed by atoms with E-state index in [-0.39, 0.29) is 0 Å². The first-order chi connectivity index (χ1) is 2.77. The van der Waals surface area contributed by atoms with E-state index in [1.165, 1.54) is 0 Å². The van der Waals surface area contributed by atoms with E-state index in [1.54, 1.807) is 0 Å². The Hall–Kier alpha value is 0.118. The van der Waals surface area contributed by atoms with Gasteiger partial charge in [0.25, 0.3) is 0 Å². The van der Waals surface area contributed by atoms with Crippen molar-refractivity contribution >= 4 is 14.7 Å². The van der Waals surface area contributed by atoms with Gasteiger partial charge in [-0.25, -0.2) is 0 Å². The summed E-state index contributed by atoms with van der Waals surface area (Å²) >= 11 is -0.460. The molecule has 0 rings (SSSR count). The van der Waals surface area contributed by atoms with Crippen molar-refractivity contribution in [1.82, 2.24) is 0 Å². The van der Waals surface area contributed by atoms with Gasteiger partial charge in [-0.1, -0.05) is 0 Å². The van der Waals surface area contributed by atoms with Gasteiger partial charge in [0.2, 0.25) is 0 Å². The molecular weight excluding hydrogens is 135 g/mol. The third-order valence-electron chi connectivity index (χ3n) is 0.408. The number of hydrogen-bond acceptors (Lipinski definition) is 0.